The first-order valence-corrected chi connectivity index (χ1v) is 10.5. The molecule has 0 radical (unpaired) electrons. The third-order valence-electron chi connectivity index (χ3n) is 5.59. The number of para-hydroxylation sites is 1. The highest BCUT2D eigenvalue weighted by molar-refractivity contribution is 5.95. The van der Waals surface area contributed by atoms with Gasteiger partial charge in [0.15, 0.2) is 18.1 Å². The Hall–Kier alpha value is -3.22. The molecular formula is C24H28N2O5. The van der Waals surface area contributed by atoms with Gasteiger partial charge < -0.3 is 24.4 Å². The first-order valence-electron chi connectivity index (χ1n) is 10.5. The molecule has 2 amide bonds. The second-order valence-electron chi connectivity index (χ2n) is 8.65. The monoisotopic (exact) mass is 424 g/mol. The number of nitrogens with zero attached hydrogens (tertiary/aromatic N) is 1. The Kier molecular flexibility index (Phi) is 5.76. The maximum atomic E-state index is 12.4. The van der Waals surface area contributed by atoms with Crippen molar-refractivity contribution in [3.05, 3.63) is 48.0 Å². The molecule has 2 aliphatic rings. The maximum absolute atomic E-state index is 12.4. The van der Waals surface area contributed by atoms with E-state index >= 15 is 0 Å². The average Bonchev–Trinajstić information content (AvgIpc) is 3.28. The van der Waals surface area contributed by atoms with Gasteiger partial charge in [0.1, 0.15) is 11.4 Å². The smallest absolute Gasteiger partial charge is 0.257 e. The SMILES string of the molecule is COc1ccc(N2CC(CNC(=O)COc3cccc4c3OC(C)(C)C4)CC2=O)cc1. The van der Waals surface area contributed by atoms with E-state index in [1.165, 1.54) is 0 Å². The Morgan fingerprint density at radius 2 is 2.00 bits per heavy atom. The van der Waals surface area contributed by atoms with Gasteiger partial charge in [-0.3, -0.25) is 9.59 Å². The second-order valence-corrected chi connectivity index (χ2v) is 8.65. The van der Waals surface area contributed by atoms with E-state index in [1.54, 1.807) is 12.0 Å². The quantitative estimate of drug-likeness (QED) is 0.740. The summed E-state index contributed by atoms with van der Waals surface area (Å²) < 4.78 is 16.9. The summed E-state index contributed by atoms with van der Waals surface area (Å²) in [6.07, 6.45) is 1.22. The van der Waals surface area contributed by atoms with Crippen LogP contribution in [0.5, 0.6) is 17.2 Å². The average molecular weight is 424 g/mol. The molecule has 4 rings (SSSR count). The first-order chi connectivity index (χ1) is 14.8. The Balaban J connectivity index is 1.26. The first kappa shape index (κ1) is 21.0. The fourth-order valence-corrected chi connectivity index (χ4v) is 4.08. The van der Waals surface area contributed by atoms with Crippen LogP contribution in [-0.4, -0.2) is 44.2 Å². The number of hydrogen-bond donors (Lipinski definition) is 1. The van der Waals surface area contributed by atoms with Crippen LogP contribution in [0.1, 0.15) is 25.8 Å². The van der Waals surface area contributed by atoms with Gasteiger partial charge in [0, 0.05) is 43.1 Å². The van der Waals surface area contributed by atoms with Gasteiger partial charge in [-0.05, 0) is 44.2 Å². The molecule has 0 saturated carbocycles. The number of methoxy groups -OCH3 is 1. The topological polar surface area (TPSA) is 77.1 Å². The lowest BCUT2D eigenvalue weighted by Crippen LogP contribution is -2.34. The van der Waals surface area contributed by atoms with Crippen LogP contribution in [0.15, 0.2) is 42.5 Å². The molecular weight excluding hydrogens is 396 g/mol. The van der Waals surface area contributed by atoms with Crippen LogP contribution in [0, 0.1) is 5.92 Å². The number of ether oxygens (including phenoxy) is 3. The zero-order valence-corrected chi connectivity index (χ0v) is 18.1. The lowest BCUT2D eigenvalue weighted by atomic mass is 10.0. The molecule has 1 saturated heterocycles. The summed E-state index contributed by atoms with van der Waals surface area (Å²) in [5, 5.41) is 2.89. The molecule has 31 heavy (non-hydrogen) atoms. The van der Waals surface area contributed by atoms with Gasteiger partial charge in [-0.25, -0.2) is 0 Å². The van der Waals surface area contributed by atoms with Crippen LogP contribution in [0.4, 0.5) is 5.69 Å². The summed E-state index contributed by atoms with van der Waals surface area (Å²) in [7, 11) is 1.61. The van der Waals surface area contributed by atoms with E-state index in [4.69, 9.17) is 14.2 Å². The van der Waals surface area contributed by atoms with Crippen molar-refractivity contribution in [1.82, 2.24) is 5.32 Å². The van der Waals surface area contributed by atoms with Crippen molar-refractivity contribution >= 4 is 17.5 Å². The van der Waals surface area contributed by atoms with E-state index in [2.05, 4.69) is 5.32 Å². The highest BCUT2D eigenvalue weighted by Gasteiger charge is 2.33. The molecule has 0 bridgehead atoms. The minimum Gasteiger partial charge on any atom is -0.497 e. The van der Waals surface area contributed by atoms with Gasteiger partial charge in [0.25, 0.3) is 5.91 Å². The Morgan fingerprint density at radius 1 is 1.23 bits per heavy atom. The maximum Gasteiger partial charge on any atom is 0.257 e. The van der Waals surface area contributed by atoms with Crippen LogP contribution in [0.3, 0.4) is 0 Å². The van der Waals surface area contributed by atoms with Crippen LogP contribution in [0.2, 0.25) is 0 Å². The zero-order chi connectivity index (χ0) is 22.0. The molecule has 1 N–H and O–H groups in total. The summed E-state index contributed by atoms with van der Waals surface area (Å²) in [6.45, 7) is 4.96. The highest BCUT2D eigenvalue weighted by Crippen LogP contribution is 2.41. The Morgan fingerprint density at radius 3 is 2.74 bits per heavy atom. The van der Waals surface area contributed by atoms with Crippen LogP contribution in [-0.2, 0) is 16.0 Å². The Bertz CT molecular complexity index is 970. The summed E-state index contributed by atoms with van der Waals surface area (Å²) >= 11 is 0. The van der Waals surface area contributed by atoms with Gasteiger partial charge in [0.2, 0.25) is 5.91 Å². The van der Waals surface area contributed by atoms with Crippen LogP contribution in [0.25, 0.3) is 0 Å². The molecule has 1 unspecified atom stereocenters. The number of fused-ring (bicyclic) bond motifs is 1. The molecule has 2 aliphatic heterocycles. The van der Waals surface area contributed by atoms with Gasteiger partial charge in [-0.2, -0.15) is 0 Å². The summed E-state index contributed by atoms with van der Waals surface area (Å²) in [5.74, 6) is 1.95. The molecule has 0 spiro atoms. The molecule has 7 nitrogen and oxygen atoms in total. The van der Waals surface area contributed by atoms with Crippen molar-refractivity contribution in [2.45, 2.75) is 32.3 Å². The molecule has 1 atom stereocenters. The lowest BCUT2D eigenvalue weighted by Gasteiger charge is -2.18. The molecule has 2 aromatic carbocycles. The fraction of sp³-hybridized carbons (Fsp3) is 0.417. The standard InChI is InChI=1S/C24H28N2O5/c1-24(2)12-17-5-4-6-20(23(17)31-24)30-15-21(27)25-13-16-11-22(28)26(14-16)18-7-9-19(29-3)10-8-18/h4-10,16H,11-15H2,1-3H3,(H,25,27). The number of carbonyl (C=O) groups is 2. The van der Waals surface area contributed by atoms with E-state index in [0.29, 0.717) is 25.3 Å². The normalized spacial score (nSPS) is 19.0. The van der Waals surface area contributed by atoms with Crippen molar-refractivity contribution in [1.29, 1.82) is 0 Å². The minimum absolute atomic E-state index is 0.0558. The predicted molar refractivity (Wildman–Crippen MR) is 117 cm³/mol. The molecule has 2 aromatic rings. The van der Waals surface area contributed by atoms with Gasteiger partial charge in [-0.15, -0.1) is 0 Å². The number of carbonyl (C=O) groups excluding carboxylic acids is 2. The van der Waals surface area contributed by atoms with Crippen LogP contribution >= 0.6 is 0 Å². The second kappa shape index (κ2) is 8.49. The largest absolute Gasteiger partial charge is 0.497 e. The summed E-state index contributed by atoms with van der Waals surface area (Å²) in [5.41, 5.74) is 1.66. The molecule has 0 aliphatic carbocycles. The van der Waals surface area contributed by atoms with E-state index in [0.717, 1.165) is 29.2 Å². The van der Waals surface area contributed by atoms with Crippen LogP contribution < -0.4 is 24.4 Å². The minimum atomic E-state index is -0.269. The highest BCUT2D eigenvalue weighted by atomic mass is 16.5. The third kappa shape index (κ3) is 4.76. The molecule has 7 heteroatoms. The van der Waals surface area contributed by atoms with Gasteiger partial charge >= 0.3 is 0 Å². The van der Waals surface area contributed by atoms with Crippen molar-refractivity contribution < 1.29 is 23.8 Å². The summed E-state index contributed by atoms with van der Waals surface area (Å²) in [6, 6.07) is 13.1. The van der Waals surface area contributed by atoms with E-state index in [-0.39, 0.29) is 29.9 Å². The fourth-order valence-electron chi connectivity index (χ4n) is 4.08. The number of rotatable bonds is 7. The van der Waals surface area contributed by atoms with E-state index in [9.17, 15) is 9.59 Å². The zero-order valence-electron chi connectivity index (χ0n) is 18.1. The van der Waals surface area contributed by atoms with E-state index < -0.39 is 0 Å². The number of amides is 2. The van der Waals surface area contributed by atoms with Gasteiger partial charge in [0.05, 0.1) is 7.11 Å². The predicted octanol–water partition coefficient (Wildman–Crippen LogP) is 2.96. The number of nitrogens with one attached hydrogen (secondary N) is 1. The number of anilines is 1. The number of benzene rings is 2. The molecule has 2 heterocycles. The lowest BCUT2D eigenvalue weighted by molar-refractivity contribution is -0.123. The van der Waals surface area contributed by atoms with Gasteiger partial charge in [-0.1, -0.05) is 12.1 Å². The molecule has 1 fully saturated rings. The van der Waals surface area contributed by atoms with Crippen molar-refractivity contribution in [3.8, 4) is 17.2 Å². The molecule has 164 valence electrons. The van der Waals surface area contributed by atoms with Crippen molar-refractivity contribution in [3.63, 3.8) is 0 Å². The van der Waals surface area contributed by atoms with Crippen molar-refractivity contribution in [2.75, 3.05) is 31.7 Å². The molecule has 0 aromatic heterocycles. The number of hydrogen-bond acceptors (Lipinski definition) is 5. The van der Waals surface area contributed by atoms with E-state index in [1.807, 2.05) is 56.3 Å². The van der Waals surface area contributed by atoms with Crippen molar-refractivity contribution in [2.24, 2.45) is 5.92 Å². The third-order valence-corrected chi connectivity index (χ3v) is 5.59. The Labute approximate surface area is 182 Å². The summed E-state index contributed by atoms with van der Waals surface area (Å²) in [4.78, 5) is 26.5.